The molecule has 1 aromatic heterocycles. The van der Waals surface area contributed by atoms with Gasteiger partial charge < -0.3 is 5.11 Å². The van der Waals surface area contributed by atoms with E-state index >= 15 is 0 Å². The molecule has 3 aliphatic rings. The Labute approximate surface area is 114 Å². The summed E-state index contributed by atoms with van der Waals surface area (Å²) in [5.74, 6) is 5.03. The lowest BCUT2D eigenvalue weighted by Crippen LogP contribution is -2.21. The Kier molecular flexibility index (Phi) is 2.53. The highest BCUT2D eigenvalue weighted by Crippen LogP contribution is 2.70. The SMILES string of the molecule is CC(C)n1ncnc1CC(O)C1C2C3CCC(C3)C12. The molecular formula is C15H23N3O. The van der Waals surface area contributed by atoms with E-state index in [9.17, 15) is 5.11 Å². The van der Waals surface area contributed by atoms with Gasteiger partial charge in [-0.1, -0.05) is 0 Å². The number of hydrogen-bond donors (Lipinski definition) is 1. The lowest BCUT2D eigenvalue weighted by Gasteiger charge is -2.16. The minimum absolute atomic E-state index is 0.208. The van der Waals surface area contributed by atoms with Gasteiger partial charge in [-0.2, -0.15) is 5.10 Å². The average Bonchev–Trinajstić information content (AvgIpc) is 2.75. The number of aliphatic hydroxyl groups is 1. The maximum atomic E-state index is 10.6. The van der Waals surface area contributed by atoms with Crippen LogP contribution in [0.5, 0.6) is 0 Å². The van der Waals surface area contributed by atoms with Gasteiger partial charge in [-0.15, -0.1) is 0 Å². The summed E-state index contributed by atoms with van der Waals surface area (Å²) < 4.78 is 1.94. The number of fused-ring (bicyclic) bond motifs is 5. The van der Waals surface area contributed by atoms with E-state index < -0.39 is 0 Å². The Bertz CT molecular complexity index is 467. The second-order valence-electron chi connectivity index (χ2n) is 7.05. The fourth-order valence-corrected chi connectivity index (χ4v) is 5.08. The van der Waals surface area contributed by atoms with Crippen molar-refractivity contribution in [1.29, 1.82) is 0 Å². The van der Waals surface area contributed by atoms with Crippen LogP contribution in [0.25, 0.3) is 0 Å². The molecule has 3 fully saturated rings. The van der Waals surface area contributed by atoms with Crippen molar-refractivity contribution in [3.05, 3.63) is 12.2 Å². The van der Waals surface area contributed by atoms with Crippen LogP contribution in [0.4, 0.5) is 0 Å². The predicted octanol–water partition coefficient (Wildman–Crippen LogP) is 2.05. The Hall–Kier alpha value is -0.900. The van der Waals surface area contributed by atoms with Crippen LogP contribution >= 0.6 is 0 Å². The quantitative estimate of drug-likeness (QED) is 0.902. The number of aromatic nitrogens is 3. The van der Waals surface area contributed by atoms with Crippen LogP contribution in [0.2, 0.25) is 0 Å². The Morgan fingerprint density at radius 2 is 2.00 bits per heavy atom. The summed E-state index contributed by atoms with van der Waals surface area (Å²) in [6.07, 6.45) is 6.35. The molecule has 4 heteroatoms. The first-order valence-corrected chi connectivity index (χ1v) is 7.73. The molecule has 2 bridgehead atoms. The number of nitrogens with zero attached hydrogens (tertiary/aromatic N) is 3. The molecule has 5 unspecified atom stereocenters. The fourth-order valence-electron chi connectivity index (χ4n) is 5.08. The standard InChI is InChI=1S/C15H23N3O/c1-8(2)18-12(16-7-17-18)6-11(19)15-13-9-3-4-10(5-9)14(13)15/h7-11,13-15,19H,3-6H2,1-2H3. The molecule has 0 aromatic carbocycles. The van der Waals surface area contributed by atoms with E-state index in [0.29, 0.717) is 18.4 Å². The Morgan fingerprint density at radius 3 is 2.63 bits per heavy atom. The van der Waals surface area contributed by atoms with Gasteiger partial charge in [0.15, 0.2) is 0 Å². The molecule has 0 saturated heterocycles. The number of rotatable bonds is 4. The molecule has 1 N–H and O–H groups in total. The monoisotopic (exact) mass is 261 g/mol. The third-order valence-electron chi connectivity index (χ3n) is 5.77. The summed E-state index contributed by atoms with van der Waals surface area (Å²) in [6.45, 7) is 4.22. The number of aliphatic hydroxyl groups excluding tert-OH is 1. The fraction of sp³-hybridized carbons (Fsp3) is 0.867. The molecule has 0 radical (unpaired) electrons. The van der Waals surface area contributed by atoms with Crippen LogP contribution in [0.1, 0.15) is 45.0 Å². The topological polar surface area (TPSA) is 50.9 Å². The van der Waals surface area contributed by atoms with Crippen molar-refractivity contribution in [2.75, 3.05) is 0 Å². The van der Waals surface area contributed by atoms with Crippen LogP contribution in [-0.4, -0.2) is 26.0 Å². The molecule has 0 spiro atoms. The first kappa shape index (κ1) is 11.9. The van der Waals surface area contributed by atoms with Crippen LogP contribution in [-0.2, 0) is 6.42 Å². The van der Waals surface area contributed by atoms with Gasteiger partial charge in [0.2, 0.25) is 0 Å². The van der Waals surface area contributed by atoms with Gasteiger partial charge in [0.25, 0.3) is 0 Å². The van der Waals surface area contributed by atoms with Crippen LogP contribution < -0.4 is 0 Å². The highest BCUT2D eigenvalue weighted by molar-refractivity contribution is 5.15. The van der Waals surface area contributed by atoms with Crippen molar-refractivity contribution >= 4 is 0 Å². The van der Waals surface area contributed by atoms with E-state index in [0.717, 1.165) is 29.5 Å². The first-order chi connectivity index (χ1) is 9.16. The highest BCUT2D eigenvalue weighted by atomic mass is 16.3. The van der Waals surface area contributed by atoms with Gasteiger partial charge in [0.1, 0.15) is 12.2 Å². The van der Waals surface area contributed by atoms with Crippen molar-refractivity contribution in [1.82, 2.24) is 14.8 Å². The summed E-state index contributed by atoms with van der Waals surface area (Å²) in [5.41, 5.74) is 0. The zero-order chi connectivity index (χ0) is 13.1. The molecule has 5 atom stereocenters. The zero-order valence-corrected chi connectivity index (χ0v) is 11.7. The van der Waals surface area contributed by atoms with Crippen LogP contribution in [0, 0.1) is 29.6 Å². The number of hydrogen-bond acceptors (Lipinski definition) is 3. The zero-order valence-electron chi connectivity index (χ0n) is 11.7. The first-order valence-electron chi connectivity index (χ1n) is 7.73. The van der Waals surface area contributed by atoms with Crippen molar-refractivity contribution in [3.8, 4) is 0 Å². The van der Waals surface area contributed by atoms with E-state index in [1.54, 1.807) is 6.33 Å². The molecule has 1 aromatic rings. The van der Waals surface area contributed by atoms with E-state index in [1.807, 2.05) is 4.68 Å². The molecular weight excluding hydrogens is 238 g/mol. The molecule has 4 rings (SSSR count). The minimum Gasteiger partial charge on any atom is -0.392 e. The van der Waals surface area contributed by atoms with Gasteiger partial charge in [0.05, 0.1) is 6.10 Å². The van der Waals surface area contributed by atoms with Gasteiger partial charge in [0, 0.05) is 12.5 Å². The molecule has 3 aliphatic carbocycles. The molecule has 0 amide bonds. The normalized spacial score (nSPS) is 40.7. The van der Waals surface area contributed by atoms with Crippen molar-refractivity contribution < 1.29 is 5.11 Å². The highest BCUT2D eigenvalue weighted by Gasteiger charge is 2.66. The lowest BCUT2D eigenvalue weighted by atomic mass is 9.97. The minimum atomic E-state index is -0.208. The van der Waals surface area contributed by atoms with E-state index in [-0.39, 0.29) is 6.10 Å². The largest absolute Gasteiger partial charge is 0.392 e. The van der Waals surface area contributed by atoms with Crippen LogP contribution in [0.15, 0.2) is 6.33 Å². The smallest absolute Gasteiger partial charge is 0.138 e. The Morgan fingerprint density at radius 1 is 1.32 bits per heavy atom. The molecule has 0 aliphatic heterocycles. The summed E-state index contributed by atoms with van der Waals surface area (Å²) >= 11 is 0. The lowest BCUT2D eigenvalue weighted by molar-refractivity contribution is 0.125. The van der Waals surface area contributed by atoms with E-state index in [4.69, 9.17) is 0 Å². The van der Waals surface area contributed by atoms with Gasteiger partial charge >= 0.3 is 0 Å². The molecule has 1 heterocycles. The molecule has 19 heavy (non-hydrogen) atoms. The summed E-state index contributed by atoms with van der Waals surface area (Å²) in [6, 6.07) is 0.319. The third kappa shape index (κ3) is 1.69. The maximum Gasteiger partial charge on any atom is 0.138 e. The van der Waals surface area contributed by atoms with Crippen molar-refractivity contribution in [2.24, 2.45) is 29.6 Å². The molecule has 4 nitrogen and oxygen atoms in total. The summed E-state index contributed by atoms with van der Waals surface area (Å²) in [4.78, 5) is 4.33. The van der Waals surface area contributed by atoms with Gasteiger partial charge in [-0.3, -0.25) is 0 Å². The molecule has 3 saturated carbocycles. The second-order valence-corrected chi connectivity index (χ2v) is 7.05. The third-order valence-corrected chi connectivity index (χ3v) is 5.77. The second kappa shape index (κ2) is 4.05. The maximum absolute atomic E-state index is 10.6. The Balaban J connectivity index is 1.45. The van der Waals surface area contributed by atoms with E-state index in [2.05, 4.69) is 23.9 Å². The predicted molar refractivity (Wildman–Crippen MR) is 71.4 cm³/mol. The molecule has 104 valence electrons. The van der Waals surface area contributed by atoms with Gasteiger partial charge in [-0.05, 0) is 62.7 Å². The van der Waals surface area contributed by atoms with Gasteiger partial charge in [-0.25, -0.2) is 9.67 Å². The summed E-state index contributed by atoms with van der Waals surface area (Å²) in [5, 5.41) is 14.8. The average molecular weight is 261 g/mol. The van der Waals surface area contributed by atoms with Crippen molar-refractivity contribution in [2.45, 2.75) is 51.7 Å². The van der Waals surface area contributed by atoms with Crippen LogP contribution in [0.3, 0.4) is 0 Å². The van der Waals surface area contributed by atoms with Crippen molar-refractivity contribution in [3.63, 3.8) is 0 Å². The van der Waals surface area contributed by atoms with E-state index in [1.165, 1.54) is 19.3 Å². The summed E-state index contributed by atoms with van der Waals surface area (Å²) in [7, 11) is 0.